The summed E-state index contributed by atoms with van der Waals surface area (Å²) in [6, 6.07) is 2.75. The normalized spacial score (nSPS) is 10.8. The number of primary sulfonamides is 1. The van der Waals surface area contributed by atoms with E-state index in [4.69, 9.17) is 11.6 Å². The van der Waals surface area contributed by atoms with Crippen molar-refractivity contribution in [1.82, 2.24) is 5.32 Å². The molecule has 0 aromatic heterocycles. The zero-order valence-corrected chi connectivity index (χ0v) is 11.5. The molecule has 0 radical (unpaired) electrons. The van der Waals surface area contributed by atoms with Crippen LogP contribution in [0, 0.1) is 18.2 Å². The molecular formula is C13H15FN2O3S. The standard InChI is InChI=1S/C13H15FN2O3S/c1-2-3-4-5-6-16-13(17)10-7-11(14)9-12(8-10)20(15,18)19/h1,7-9H,3-6H2,(H,16,17)(H2,15,18,19). The summed E-state index contributed by atoms with van der Waals surface area (Å²) in [5, 5.41) is 7.46. The highest BCUT2D eigenvalue weighted by Gasteiger charge is 2.14. The van der Waals surface area contributed by atoms with Crippen molar-refractivity contribution >= 4 is 15.9 Å². The molecule has 1 aromatic rings. The van der Waals surface area contributed by atoms with Gasteiger partial charge in [0.25, 0.3) is 5.91 Å². The number of hydrogen-bond donors (Lipinski definition) is 2. The zero-order valence-electron chi connectivity index (χ0n) is 10.7. The van der Waals surface area contributed by atoms with Crippen molar-refractivity contribution in [2.24, 2.45) is 5.14 Å². The van der Waals surface area contributed by atoms with Crippen LogP contribution < -0.4 is 10.5 Å². The summed E-state index contributed by atoms with van der Waals surface area (Å²) in [6.45, 7) is 0.377. The van der Waals surface area contributed by atoms with Gasteiger partial charge in [-0.25, -0.2) is 17.9 Å². The highest BCUT2D eigenvalue weighted by molar-refractivity contribution is 7.89. The monoisotopic (exact) mass is 298 g/mol. The van der Waals surface area contributed by atoms with E-state index in [-0.39, 0.29) is 5.56 Å². The van der Waals surface area contributed by atoms with E-state index < -0.39 is 26.6 Å². The lowest BCUT2D eigenvalue weighted by Gasteiger charge is -2.06. The smallest absolute Gasteiger partial charge is 0.251 e. The van der Waals surface area contributed by atoms with Crippen LogP contribution in [0.15, 0.2) is 23.1 Å². The lowest BCUT2D eigenvalue weighted by atomic mass is 10.2. The van der Waals surface area contributed by atoms with Gasteiger partial charge in [-0.15, -0.1) is 12.3 Å². The Balaban J connectivity index is 2.74. The number of nitrogens with one attached hydrogen (secondary N) is 1. The van der Waals surface area contributed by atoms with E-state index in [1.807, 2.05) is 0 Å². The molecule has 1 aromatic carbocycles. The van der Waals surface area contributed by atoms with Gasteiger partial charge in [0.2, 0.25) is 10.0 Å². The van der Waals surface area contributed by atoms with Crippen molar-refractivity contribution in [1.29, 1.82) is 0 Å². The molecule has 0 saturated heterocycles. The van der Waals surface area contributed by atoms with Gasteiger partial charge in [-0.2, -0.15) is 0 Å². The van der Waals surface area contributed by atoms with E-state index in [1.165, 1.54) is 0 Å². The number of sulfonamides is 1. The first kappa shape index (κ1) is 16.1. The average Bonchev–Trinajstić information content (AvgIpc) is 2.36. The Morgan fingerprint density at radius 3 is 2.65 bits per heavy atom. The van der Waals surface area contributed by atoms with Gasteiger partial charge >= 0.3 is 0 Å². The van der Waals surface area contributed by atoms with Crippen molar-refractivity contribution in [2.75, 3.05) is 6.54 Å². The summed E-state index contributed by atoms with van der Waals surface area (Å²) in [7, 11) is -4.06. The minimum absolute atomic E-state index is 0.0917. The van der Waals surface area contributed by atoms with Crippen LogP contribution in [0.5, 0.6) is 0 Å². The van der Waals surface area contributed by atoms with Gasteiger partial charge in [-0.05, 0) is 31.0 Å². The van der Waals surface area contributed by atoms with Crippen LogP contribution in [0.25, 0.3) is 0 Å². The maximum absolute atomic E-state index is 13.3. The Morgan fingerprint density at radius 1 is 1.35 bits per heavy atom. The first-order valence-electron chi connectivity index (χ1n) is 5.89. The molecule has 20 heavy (non-hydrogen) atoms. The van der Waals surface area contributed by atoms with Crippen LogP contribution in [-0.4, -0.2) is 20.9 Å². The number of amides is 1. The Hall–Kier alpha value is -1.91. The topological polar surface area (TPSA) is 89.3 Å². The van der Waals surface area contributed by atoms with Crippen molar-refractivity contribution in [3.8, 4) is 12.3 Å². The number of nitrogens with two attached hydrogens (primary N) is 1. The highest BCUT2D eigenvalue weighted by Crippen LogP contribution is 2.13. The predicted molar refractivity (Wildman–Crippen MR) is 72.8 cm³/mol. The van der Waals surface area contributed by atoms with Crippen LogP contribution in [0.3, 0.4) is 0 Å². The summed E-state index contributed by atoms with van der Waals surface area (Å²) in [5.74, 6) is 1.08. The number of carbonyl (C=O) groups excluding carboxylic acids is 1. The van der Waals surface area contributed by atoms with Crippen LogP contribution in [0.2, 0.25) is 0 Å². The van der Waals surface area contributed by atoms with E-state index >= 15 is 0 Å². The fourth-order valence-corrected chi connectivity index (χ4v) is 2.08. The van der Waals surface area contributed by atoms with E-state index in [0.29, 0.717) is 19.4 Å². The largest absolute Gasteiger partial charge is 0.352 e. The number of hydrogen-bond acceptors (Lipinski definition) is 3. The predicted octanol–water partition coefficient (Wildman–Crippen LogP) is 1.01. The molecule has 0 aliphatic carbocycles. The van der Waals surface area contributed by atoms with Gasteiger partial charge in [0.05, 0.1) is 4.90 Å². The van der Waals surface area contributed by atoms with Crippen molar-refractivity contribution in [3.63, 3.8) is 0 Å². The summed E-state index contributed by atoms with van der Waals surface area (Å²) in [6.07, 6.45) is 7.16. The fourth-order valence-electron chi connectivity index (χ4n) is 1.51. The number of halogens is 1. The maximum Gasteiger partial charge on any atom is 0.251 e. The number of benzene rings is 1. The molecule has 0 fully saturated rings. The SMILES string of the molecule is C#CCCCCNC(=O)c1cc(F)cc(S(N)(=O)=O)c1. The summed E-state index contributed by atoms with van der Waals surface area (Å²) in [4.78, 5) is 11.3. The number of carbonyl (C=O) groups is 1. The van der Waals surface area contributed by atoms with Crippen LogP contribution in [0.4, 0.5) is 4.39 Å². The minimum Gasteiger partial charge on any atom is -0.352 e. The molecule has 108 valence electrons. The second kappa shape index (κ2) is 7.03. The molecule has 0 unspecified atom stereocenters. The molecule has 0 bridgehead atoms. The highest BCUT2D eigenvalue weighted by atomic mass is 32.2. The molecule has 0 heterocycles. The van der Waals surface area contributed by atoms with Gasteiger partial charge in [0.1, 0.15) is 5.82 Å². The Bertz CT molecular complexity index is 636. The maximum atomic E-state index is 13.3. The van der Waals surface area contributed by atoms with E-state index in [0.717, 1.165) is 24.6 Å². The third-order valence-electron chi connectivity index (χ3n) is 2.50. The van der Waals surface area contributed by atoms with Crippen LogP contribution in [-0.2, 0) is 10.0 Å². The van der Waals surface area contributed by atoms with E-state index in [1.54, 1.807) is 0 Å². The molecular weight excluding hydrogens is 283 g/mol. The fraction of sp³-hybridized carbons (Fsp3) is 0.308. The average molecular weight is 298 g/mol. The van der Waals surface area contributed by atoms with Gasteiger partial charge in [-0.1, -0.05) is 0 Å². The Kier molecular flexibility index (Phi) is 5.67. The molecule has 3 N–H and O–H groups in total. The number of rotatable bonds is 6. The van der Waals surface area contributed by atoms with Crippen LogP contribution in [0.1, 0.15) is 29.6 Å². The van der Waals surface area contributed by atoms with Gasteiger partial charge in [-0.3, -0.25) is 4.79 Å². The zero-order chi connectivity index (χ0) is 15.2. The first-order chi connectivity index (χ1) is 9.34. The molecule has 0 atom stereocenters. The van der Waals surface area contributed by atoms with Crippen molar-refractivity contribution < 1.29 is 17.6 Å². The lowest BCUT2D eigenvalue weighted by molar-refractivity contribution is 0.0952. The van der Waals surface area contributed by atoms with E-state index in [9.17, 15) is 17.6 Å². The molecule has 7 heteroatoms. The third-order valence-corrected chi connectivity index (χ3v) is 3.39. The van der Waals surface area contributed by atoms with E-state index in [2.05, 4.69) is 11.2 Å². The quantitative estimate of drug-likeness (QED) is 0.606. The summed E-state index contributed by atoms with van der Waals surface area (Å²) in [5.41, 5.74) is -0.0917. The van der Waals surface area contributed by atoms with Gasteiger partial charge in [0, 0.05) is 18.5 Å². The number of unbranched alkanes of at least 4 members (excludes halogenated alkanes) is 2. The molecule has 0 spiro atoms. The molecule has 0 saturated carbocycles. The molecule has 1 amide bonds. The first-order valence-corrected chi connectivity index (χ1v) is 7.44. The van der Waals surface area contributed by atoms with Gasteiger partial charge < -0.3 is 5.32 Å². The molecule has 0 aliphatic rings. The Morgan fingerprint density at radius 2 is 2.05 bits per heavy atom. The Labute approximate surface area is 117 Å². The lowest BCUT2D eigenvalue weighted by Crippen LogP contribution is -2.25. The third kappa shape index (κ3) is 4.99. The van der Waals surface area contributed by atoms with Crippen LogP contribution >= 0.6 is 0 Å². The molecule has 5 nitrogen and oxygen atoms in total. The summed E-state index contributed by atoms with van der Waals surface area (Å²) < 4.78 is 35.6. The second-order valence-corrected chi connectivity index (χ2v) is 5.70. The molecule has 0 aliphatic heterocycles. The number of terminal acetylenes is 1. The molecule has 1 rings (SSSR count). The van der Waals surface area contributed by atoms with Crippen molar-refractivity contribution in [2.45, 2.75) is 24.2 Å². The summed E-state index contributed by atoms with van der Waals surface area (Å²) >= 11 is 0. The minimum atomic E-state index is -4.06. The van der Waals surface area contributed by atoms with Crippen molar-refractivity contribution in [3.05, 3.63) is 29.6 Å². The second-order valence-electron chi connectivity index (χ2n) is 4.14. The van der Waals surface area contributed by atoms with Gasteiger partial charge in [0.15, 0.2) is 0 Å².